The molecule has 188 valence electrons. The zero-order chi connectivity index (χ0) is 25.8. The smallest absolute Gasteiger partial charge is 0.391 e. The third kappa shape index (κ3) is 63.0. The molecule has 0 aromatic heterocycles. The van der Waals surface area contributed by atoms with Crippen molar-refractivity contribution < 1.29 is 59.9 Å². The first-order valence-corrected chi connectivity index (χ1v) is 19.7. The van der Waals surface area contributed by atoms with Gasteiger partial charge in [0.2, 0.25) is 0 Å². The fourth-order valence-corrected chi connectivity index (χ4v) is 2.61. The zero-order valence-corrected chi connectivity index (χ0v) is 22.2. The molecule has 0 unspecified atom stereocenters. The summed E-state index contributed by atoms with van der Waals surface area (Å²) in [6, 6.07) is -1.43. The second kappa shape index (κ2) is 14.3. The topological polar surface area (TPSA) is 142 Å². The van der Waals surface area contributed by atoms with E-state index in [9.17, 15) is 26.3 Å². The molecule has 30 heavy (non-hydrogen) atoms. The molecule has 0 rings (SSSR count). The van der Waals surface area contributed by atoms with E-state index in [1.54, 1.807) is 13.8 Å². The van der Waals surface area contributed by atoms with E-state index in [0.717, 1.165) is 6.55 Å². The van der Waals surface area contributed by atoms with Crippen LogP contribution in [0.4, 0.5) is 26.3 Å². The molecule has 0 spiro atoms. The Kier molecular flexibility index (Phi) is 17.9. The molecular formula is C13H36F6O7Si4. The Balaban J connectivity index is -0.000000153. The van der Waals surface area contributed by atoms with E-state index in [2.05, 4.69) is 0 Å². The van der Waals surface area contributed by atoms with Gasteiger partial charge in [0.05, 0.1) is 12.1 Å². The van der Waals surface area contributed by atoms with Crippen molar-refractivity contribution in [2.75, 3.05) is 0 Å². The molecule has 0 bridgehead atoms. The molecular weight excluding hydrogens is 494 g/mol. The summed E-state index contributed by atoms with van der Waals surface area (Å²) in [6.07, 6.45) is -8.66. The third-order valence-electron chi connectivity index (χ3n) is 2.51. The normalized spacial score (nSPS) is 13.2. The minimum absolute atomic E-state index is 0.521. The molecule has 0 saturated carbocycles. The average Bonchev–Trinajstić information content (AvgIpc) is 2.30. The van der Waals surface area contributed by atoms with Crippen molar-refractivity contribution in [3.63, 3.8) is 0 Å². The highest BCUT2D eigenvalue weighted by Crippen LogP contribution is 2.26. The van der Waals surface area contributed by atoms with Gasteiger partial charge < -0.3 is 33.6 Å². The largest absolute Gasteiger partial charge is 0.432 e. The van der Waals surface area contributed by atoms with Crippen LogP contribution in [0.5, 0.6) is 0 Å². The van der Waals surface area contributed by atoms with Gasteiger partial charge in [-0.2, -0.15) is 26.3 Å². The predicted molar refractivity (Wildman–Crippen MR) is 111 cm³/mol. The van der Waals surface area contributed by atoms with Gasteiger partial charge in [0.1, 0.15) is 0 Å². The molecule has 0 atom stereocenters. The van der Waals surface area contributed by atoms with Crippen LogP contribution in [0.1, 0.15) is 13.8 Å². The Labute approximate surface area is 177 Å². The summed E-state index contributed by atoms with van der Waals surface area (Å²) < 4.78 is 68.1. The van der Waals surface area contributed by atoms with Crippen LogP contribution in [0.25, 0.3) is 0 Å². The molecule has 7 N–H and O–H groups in total. The van der Waals surface area contributed by atoms with Gasteiger partial charge >= 0.3 is 38.0 Å². The van der Waals surface area contributed by atoms with Crippen molar-refractivity contribution in [2.45, 2.75) is 83.1 Å². The molecule has 0 aromatic rings. The Bertz CT molecular complexity index is 361. The lowest BCUT2D eigenvalue weighted by Crippen LogP contribution is -2.35. The van der Waals surface area contributed by atoms with Crippen LogP contribution in [-0.2, 0) is 0 Å². The van der Waals surface area contributed by atoms with Gasteiger partial charge in [0, 0.05) is 0 Å². The lowest BCUT2D eigenvalue weighted by molar-refractivity contribution is -0.115. The van der Waals surface area contributed by atoms with Gasteiger partial charge in [0.15, 0.2) is 8.32 Å². The monoisotopic (exact) mass is 530 g/mol. The zero-order valence-electron chi connectivity index (χ0n) is 18.2. The van der Waals surface area contributed by atoms with Gasteiger partial charge in [-0.25, -0.2) is 0 Å². The number of halogens is 6. The van der Waals surface area contributed by atoms with Crippen molar-refractivity contribution in [3.8, 4) is 0 Å². The average molecular weight is 531 g/mol. The van der Waals surface area contributed by atoms with Crippen LogP contribution in [0.15, 0.2) is 0 Å². The second-order valence-electron chi connectivity index (χ2n) is 7.75. The van der Waals surface area contributed by atoms with Crippen LogP contribution >= 0.6 is 0 Å². The highest BCUT2D eigenvalue weighted by Gasteiger charge is 2.39. The van der Waals surface area contributed by atoms with Crippen LogP contribution < -0.4 is 0 Å². The molecule has 0 saturated heterocycles. The Morgan fingerprint density at radius 2 is 0.700 bits per heavy atom. The molecule has 0 radical (unpaired) electrons. The van der Waals surface area contributed by atoms with E-state index in [-0.39, 0.29) is 0 Å². The van der Waals surface area contributed by atoms with E-state index in [0.29, 0.717) is 12.1 Å². The summed E-state index contributed by atoms with van der Waals surface area (Å²) in [5.74, 6) is 0. The summed E-state index contributed by atoms with van der Waals surface area (Å²) in [5, 5.41) is 0. The first-order valence-electron chi connectivity index (χ1n) is 8.73. The van der Waals surface area contributed by atoms with E-state index in [1.807, 2.05) is 0 Å². The van der Waals surface area contributed by atoms with Gasteiger partial charge in [-0.15, -0.1) is 0 Å². The Morgan fingerprint density at radius 1 is 0.500 bits per heavy atom. The maximum Gasteiger partial charge on any atom is 0.391 e. The standard InChI is InChI=1S/C4H9F3OSi.C3H7F3O2Si.2C3H10O2Si/c1-9(2,8)3-4(5,6)7;1-9(7,8)2-3(4,5)6;2*1-3-6(2,4)5/h8H,3H2,1-2H3;7-8H,2H2,1H3;2*4-5H,3H2,1-2H3. The van der Waals surface area contributed by atoms with Gasteiger partial charge in [-0.05, 0) is 44.8 Å². The summed E-state index contributed by atoms with van der Waals surface area (Å²) >= 11 is 0. The molecule has 0 heterocycles. The maximum atomic E-state index is 11.4. The summed E-state index contributed by atoms with van der Waals surface area (Å²) in [5.41, 5.74) is 0. The number of hydrogen-bond donors (Lipinski definition) is 7. The van der Waals surface area contributed by atoms with Gasteiger partial charge in [0.25, 0.3) is 0 Å². The summed E-state index contributed by atoms with van der Waals surface area (Å²) in [7, 11) is -12.1. The van der Waals surface area contributed by atoms with Crippen molar-refractivity contribution in [1.29, 1.82) is 0 Å². The minimum atomic E-state index is -4.45. The van der Waals surface area contributed by atoms with Gasteiger partial charge in [-0.1, -0.05) is 13.8 Å². The number of hydrogen-bond acceptors (Lipinski definition) is 7. The first-order chi connectivity index (χ1) is 12.5. The summed E-state index contributed by atoms with van der Waals surface area (Å²) in [6.45, 7) is 9.87. The molecule has 7 nitrogen and oxygen atoms in total. The first kappa shape index (κ1) is 37.5. The number of rotatable bonds is 4. The lowest BCUT2D eigenvalue weighted by Gasteiger charge is -2.15. The molecule has 0 aliphatic carbocycles. The number of alkyl halides is 6. The van der Waals surface area contributed by atoms with Crippen LogP contribution in [-0.4, -0.2) is 79.9 Å². The van der Waals surface area contributed by atoms with Crippen molar-refractivity contribution >= 4 is 34.0 Å². The van der Waals surface area contributed by atoms with E-state index >= 15 is 0 Å². The quantitative estimate of drug-likeness (QED) is 0.219. The second-order valence-corrected chi connectivity index (χ2v) is 20.8. The third-order valence-corrected chi connectivity index (χ3v) is 7.52. The highest BCUT2D eigenvalue weighted by molar-refractivity contribution is 6.70. The molecule has 0 aliphatic heterocycles. The van der Waals surface area contributed by atoms with Crippen molar-refractivity contribution in [3.05, 3.63) is 0 Å². The SMILES string of the molecule is CC[Si](C)(O)O.CC[Si](C)(O)O.C[Si](C)(O)CC(F)(F)F.C[Si](O)(O)CC(F)(F)F. The van der Waals surface area contributed by atoms with Crippen LogP contribution in [0, 0.1) is 0 Å². The van der Waals surface area contributed by atoms with Crippen molar-refractivity contribution in [2.24, 2.45) is 0 Å². The molecule has 17 heteroatoms. The van der Waals surface area contributed by atoms with E-state index in [1.165, 1.54) is 26.2 Å². The van der Waals surface area contributed by atoms with Crippen LogP contribution in [0.2, 0.25) is 56.9 Å². The van der Waals surface area contributed by atoms with Crippen molar-refractivity contribution in [1.82, 2.24) is 0 Å². The molecule has 0 amide bonds. The maximum absolute atomic E-state index is 11.4. The molecule has 0 aromatic carbocycles. The Morgan fingerprint density at radius 3 is 0.700 bits per heavy atom. The van der Waals surface area contributed by atoms with Gasteiger partial charge in [-0.3, -0.25) is 0 Å². The molecule has 0 aliphatic rings. The summed E-state index contributed by atoms with van der Waals surface area (Å²) in [4.78, 5) is 59.5. The molecule has 0 fully saturated rings. The minimum Gasteiger partial charge on any atom is -0.432 e. The fraction of sp³-hybridized carbons (Fsp3) is 1.00. The fourth-order valence-electron chi connectivity index (χ4n) is 0.870. The van der Waals surface area contributed by atoms with E-state index in [4.69, 9.17) is 33.6 Å². The predicted octanol–water partition coefficient (Wildman–Crippen LogP) is 2.48. The lowest BCUT2D eigenvalue weighted by atomic mass is 10.8. The van der Waals surface area contributed by atoms with E-state index < -0.39 is 58.4 Å². The van der Waals surface area contributed by atoms with Crippen LogP contribution in [0.3, 0.4) is 0 Å². The Hall–Kier alpha value is 0.168. The highest BCUT2D eigenvalue weighted by atomic mass is 28.4.